The van der Waals surface area contributed by atoms with Gasteiger partial charge in [-0.2, -0.15) is 5.26 Å². The average molecular weight is 524 g/mol. The van der Waals surface area contributed by atoms with Gasteiger partial charge in [-0.3, -0.25) is 4.98 Å². The third-order valence-electron chi connectivity index (χ3n) is 7.02. The third kappa shape index (κ3) is 3.69. The van der Waals surface area contributed by atoms with Crippen LogP contribution in [0, 0.1) is 28.9 Å². The van der Waals surface area contributed by atoms with Gasteiger partial charge in [0.2, 0.25) is 5.95 Å². The number of fused-ring (bicyclic) bond motifs is 4. The van der Waals surface area contributed by atoms with Gasteiger partial charge < -0.3 is 25.4 Å². The van der Waals surface area contributed by atoms with Crippen LogP contribution in [0.25, 0.3) is 32.2 Å². The second-order valence-corrected chi connectivity index (χ2v) is 10.7. The Hall–Kier alpha value is -3.50. The SMILES string of the molecule is CN(C)CC1CN(c2ncc3c4c(c(-c5ncc(F)c6sc(N)c(C#N)c56)c(F)c3n2)COC4)CC1O. The molecule has 3 N–H and O–H groups in total. The molecule has 12 heteroatoms. The molecule has 0 saturated carbocycles. The van der Waals surface area contributed by atoms with Crippen molar-refractivity contribution in [2.75, 3.05) is 44.4 Å². The van der Waals surface area contributed by atoms with Crippen molar-refractivity contribution in [2.24, 2.45) is 5.92 Å². The van der Waals surface area contributed by atoms with E-state index in [0.717, 1.165) is 23.1 Å². The van der Waals surface area contributed by atoms with Crippen LogP contribution in [0.2, 0.25) is 0 Å². The van der Waals surface area contributed by atoms with Crippen molar-refractivity contribution in [3.63, 3.8) is 0 Å². The molecule has 5 heterocycles. The zero-order valence-electron chi connectivity index (χ0n) is 20.1. The van der Waals surface area contributed by atoms with Crippen molar-refractivity contribution < 1.29 is 18.6 Å². The number of thiophene rings is 1. The molecule has 6 rings (SSSR count). The van der Waals surface area contributed by atoms with Crippen LogP contribution >= 0.6 is 11.3 Å². The van der Waals surface area contributed by atoms with Crippen molar-refractivity contribution in [3.8, 4) is 17.3 Å². The van der Waals surface area contributed by atoms with Gasteiger partial charge in [-0.15, -0.1) is 11.3 Å². The van der Waals surface area contributed by atoms with Gasteiger partial charge in [-0.1, -0.05) is 0 Å². The molecule has 0 bridgehead atoms. The first-order valence-electron chi connectivity index (χ1n) is 11.7. The summed E-state index contributed by atoms with van der Waals surface area (Å²) in [4.78, 5) is 17.2. The predicted molar refractivity (Wildman–Crippen MR) is 136 cm³/mol. The van der Waals surface area contributed by atoms with E-state index in [0.29, 0.717) is 36.5 Å². The highest BCUT2D eigenvalue weighted by Gasteiger charge is 2.34. The van der Waals surface area contributed by atoms with Gasteiger partial charge >= 0.3 is 0 Å². The van der Waals surface area contributed by atoms with Gasteiger partial charge in [0, 0.05) is 48.1 Å². The Balaban J connectivity index is 1.55. The smallest absolute Gasteiger partial charge is 0.226 e. The quantitative estimate of drug-likeness (QED) is 0.415. The summed E-state index contributed by atoms with van der Waals surface area (Å²) < 4.78 is 36.9. The number of benzene rings is 1. The van der Waals surface area contributed by atoms with Gasteiger partial charge in [-0.25, -0.2) is 18.7 Å². The van der Waals surface area contributed by atoms with E-state index < -0.39 is 17.7 Å². The average Bonchev–Trinajstić information content (AvgIpc) is 3.57. The number of hydrogen-bond acceptors (Lipinski definition) is 10. The van der Waals surface area contributed by atoms with E-state index in [2.05, 4.69) is 15.0 Å². The lowest BCUT2D eigenvalue weighted by Gasteiger charge is -2.19. The van der Waals surface area contributed by atoms with Crippen LogP contribution in [0.5, 0.6) is 0 Å². The molecule has 0 aliphatic carbocycles. The van der Waals surface area contributed by atoms with Crippen LogP contribution in [-0.2, 0) is 18.0 Å². The van der Waals surface area contributed by atoms with Gasteiger partial charge in [0.25, 0.3) is 0 Å². The lowest BCUT2D eigenvalue weighted by atomic mass is 9.94. The van der Waals surface area contributed by atoms with E-state index in [4.69, 9.17) is 10.5 Å². The van der Waals surface area contributed by atoms with Crippen molar-refractivity contribution >= 4 is 43.3 Å². The molecular weight excluding hydrogens is 500 g/mol. The maximum absolute atomic E-state index is 16.4. The Morgan fingerprint density at radius 1 is 1.24 bits per heavy atom. The van der Waals surface area contributed by atoms with Gasteiger partial charge in [0.1, 0.15) is 16.6 Å². The molecule has 2 aliphatic heterocycles. The summed E-state index contributed by atoms with van der Waals surface area (Å²) >= 11 is 0.932. The van der Waals surface area contributed by atoms with Crippen molar-refractivity contribution in [1.29, 1.82) is 5.26 Å². The van der Waals surface area contributed by atoms with Crippen LogP contribution in [0.1, 0.15) is 16.7 Å². The molecular formula is C25H23F2N7O2S. The van der Waals surface area contributed by atoms with E-state index in [1.807, 2.05) is 30.0 Å². The number of nitrogen functional groups attached to an aromatic ring is 1. The summed E-state index contributed by atoms with van der Waals surface area (Å²) in [5.41, 5.74) is 7.69. The summed E-state index contributed by atoms with van der Waals surface area (Å²) in [6.45, 7) is 1.94. The molecule has 4 aromatic rings. The van der Waals surface area contributed by atoms with Crippen LogP contribution < -0.4 is 10.6 Å². The Morgan fingerprint density at radius 2 is 2.03 bits per heavy atom. The normalized spacial score (nSPS) is 19.3. The van der Waals surface area contributed by atoms with Gasteiger partial charge in [0.15, 0.2) is 11.6 Å². The first-order chi connectivity index (χ1) is 17.8. The molecule has 37 heavy (non-hydrogen) atoms. The molecule has 1 aromatic carbocycles. The molecule has 2 unspecified atom stereocenters. The number of ether oxygens (including phenoxy) is 1. The topological polar surface area (TPSA) is 124 Å². The maximum Gasteiger partial charge on any atom is 0.226 e. The lowest BCUT2D eigenvalue weighted by molar-refractivity contribution is 0.130. The Labute approximate surface area is 214 Å². The van der Waals surface area contributed by atoms with E-state index in [1.54, 1.807) is 6.20 Å². The Bertz CT molecular complexity index is 1620. The molecule has 9 nitrogen and oxygen atoms in total. The van der Waals surface area contributed by atoms with Crippen LogP contribution in [-0.4, -0.2) is 64.8 Å². The molecule has 0 radical (unpaired) electrons. The van der Waals surface area contributed by atoms with Crippen molar-refractivity contribution in [2.45, 2.75) is 19.3 Å². The van der Waals surface area contributed by atoms with Gasteiger partial charge in [-0.05, 0) is 25.2 Å². The minimum absolute atomic E-state index is 0.00766. The van der Waals surface area contributed by atoms with Gasteiger partial charge in [0.05, 0.1) is 41.5 Å². The molecule has 1 fully saturated rings. The fourth-order valence-corrected chi connectivity index (χ4v) is 6.28. The monoisotopic (exact) mass is 523 g/mol. The highest BCUT2D eigenvalue weighted by molar-refractivity contribution is 7.23. The van der Waals surface area contributed by atoms with E-state index in [1.165, 1.54) is 0 Å². The largest absolute Gasteiger partial charge is 0.391 e. The predicted octanol–water partition coefficient (Wildman–Crippen LogP) is 3.03. The molecule has 0 amide bonds. The number of nitriles is 1. The fraction of sp³-hybridized carbons (Fsp3) is 0.360. The number of aromatic nitrogens is 3. The van der Waals surface area contributed by atoms with Crippen LogP contribution in [0.3, 0.4) is 0 Å². The Morgan fingerprint density at radius 3 is 2.78 bits per heavy atom. The van der Waals surface area contributed by atoms with Crippen LogP contribution in [0.15, 0.2) is 12.4 Å². The number of nitrogens with zero attached hydrogens (tertiary/aromatic N) is 6. The molecule has 2 aliphatic rings. The maximum atomic E-state index is 16.4. The zero-order valence-corrected chi connectivity index (χ0v) is 20.9. The molecule has 0 spiro atoms. The second-order valence-electron chi connectivity index (χ2n) is 9.68. The number of aliphatic hydroxyl groups excluding tert-OH is 1. The minimum atomic E-state index is -0.651. The highest BCUT2D eigenvalue weighted by atomic mass is 32.1. The van der Waals surface area contributed by atoms with Crippen molar-refractivity contribution in [1.82, 2.24) is 19.9 Å². The number of halogens is 2. The van der Waals surface area contributed by atoms with E-state index >= 15 is 4.39 Å². The fourth-order valence-electron chi connectivity index (χ4n) is 5.36. The first-order valence-corrected chi connectivity index (χ1v) is 12.5. The minimum Gasteiger partial charge on any atom is -0.391 e. The number of β-amino-alcohol motifs (C(OH)–C–C–N with tert-alkyl or cyclic N) is 1. The standard InChI is InChI=1S/C25H23F2N7O2S/c1-33(2)6-11-7-34(8-17(11)35)25-31-4-13-14-9-36-10-15(14)18(20(27)21(13)32-25)22-19-12(3-28)24(29)37-23(19)16(26)5-30-22/h4-5,11,17,35H,6-10,29H2,1-2H3. The van der Waals surface area contributed by atoms with E-state index in [-0.39, 0.29) is 56.6 Å². The molecule has 1 saturated heterocycles. The van der Waals surface area contributed by atoms with Crippen LogP contribution in [0.4, 0.5) is 19.7 Å². The molecule has 2 atom stereocenters. The number of rotatable bonds is 4. The second kappa shape index (κ2) is 8.81. The third-order valence-corrected chi connectivity index (χ3v) is 8.05. The molecule has 3 aromatic heterocycles. The lowest BCUT2D eigenvalue weighted by Crippen LogP contribution is -2.29. The number of anilines is 2. The van der Waals surface area contributed by atoms with E-state index in [9.17, 15) is 14.8 Å². The molecule has 190 valence electrons. The summed E-state index contributed by atoms with van der Waals surface area (Å²) in [7, 11) is 3.89. The summed E-state index contributed by atoms with van der Waals surface area (Å²) in [6, 6.07) is 2.01. The summed E-state index contributed by atoms with van der Waals surface area (Å²) in [5.74, 6) is -0.961. The first kappa shape index (κ1) is 23.9. The number of pyridine rings is 1. The number of aliphatic hydroxyl groups is 1. The van der Waals surface area contributed by atoms with Crippen molar-refractivity contribution in [3.05, 3.63) is 40.7 Å². The summed E-state index contributed by atoms with van der Waals surface area (Å²) in [5, 5.41) is 21.1. The Kier molecular flexibility index (Phi) is 5.68. The number of nitrogens with two attached hydrogens (primary N) is 1. The zero-order chi connectivity index (χ0) is 26.0. The summed E-state index contributed by atoms with van der Waals surface area (Å²) in [6.07, 6.45) is 2.05. The number of hydrogen-bond donors (Lipinski definition) is 2. The highest BCUT2D eigenvalue weighted by Crippen LogP contribution is 2.45.